The second-order valence-electron chi connectivity index (χ2n) is 5.64. The molecule has 128 valence electrons. The summed E-state index contributed by atoms with van der Waals surface area (Å²) >= 11 is 1.15. The fourth-order valence-corrected chi connectivity index (χ4v) is 5.06. The van der Waals surface area contributed by atoms with Crippen molar-refractivity contribution in [1.82, 2.24) is 14.9 Å². The highest BCUT2D eigenvalue weighted by Gasteiger charge is 2.36. The van der Waals surface area contributed by atoms with Crippen LogP contribution in [0, 0.1) is 0 Å². The van der Waals surface area contributed by atoms with Crippen LogP contribution in [0.15, 0.2) is 22.2 Å². The Hall–Kier alpha value is -1.35. The average molecular weight is 359 g/mol. The molecule has 0 saturated carbocycles. The molecular weight excluding hydrogens is 338 g/mol. The summed E-state index contributed by atoms with van der Waals surface area (Å²) in [5.74, 6) is 0.165. The number of hydrogen-bond acceptors (Lipinski definition) is 6. The number of nitrogens with zero attached hydrogens (tertiary/aromatic N) is 2. The van der Waals surface area contributed by atoms with E-state index in [0.29, 0.717) is 11.6 Å². The van der Waals surface area contributed by atoms with Gasteiger partial charge in [-0.15, -0.1) is 0 Å². The summed E-state index contributed by atoms with van der Waals surface area (Å²) in [5, 5.41) is 0.383. The minimum Gasteiger partial charge on any atom is -0.335 e. The van der Waals surface area contributed by atoms with Gasteiger partial charge in [-0.3, -0.25) is 9.59 Å². The Morgan fingerprint density at radius 1 is 1.57 bits per heavy atom. The highest BCUT2D eigenvalue weighted by molar-refractivity contribution is 7.99. The van der Waals surface area contributed by atoms with E-state index in [9.17, 15) is 18.0 Å². The molecule has 0 aliphatic carbocycles. The maximum absolute atomic E-state index is 12.6. The highest BCUT2D eigenvalue weighted by Crippen LogP contribution is 2.23. The van der Waals surface area contributed by atoms with E-state index >= 15 is 0 Å². The van der Waals surface area contributed by atoms with Crippen molar-refractivity contribution in [3.8, 4) is 0 Å². The van der Waals surface area contributed by atoms with E-state index in [1.165, 1.54) is 12.3 Å². The lowest BCUT2D eigenvalue weighted by atomic mass is 10.1. The van der Waals surface area contributed by atoms with Crippen LogP contribution in [-0.4, -0.2) is 58.5 Å². The molecule has 1 aliphatic rings. The zero-order valence-corrected chi connectivity index (χ0v) is 14.8. The topological polar surface area (TPSA) is 100 Å². The second kappa shape index (κ2) is 7.48. The lowest BCUT2D eigenvalue weighted by molar-refractivity contribution is -0.132. The predicted molar refractivity (Wildman–Crippen MR) is 89.2 cm³/mol. The Kier molecular flexibility index (Phi) is 5.85. The minimum atomic E-state index is -3.05. The van der Waals surface area contributed by atoms with Crippen LogP contribution in [0.4, 0.5) is 0 Å². The molecule has 1 saturated heterocycles. The first-order valence-electron chi connectivity index (χ1n) is 7.52. The number of H-pyrrole nitrogens is 1. The summed E-state index contributed by atoms with van der Waals surface area (Å²) in [4.78, 5) is 32.1. The number of aromatic amines is 1. The molecular formula is C14H21N3O4S2. The number of carbonyl (C=O) groups is 1. The monoisotopic (exact) mass is 359 g/mol. The van der Waals surface area contributed by atoms with Crippen molar-refractivity contribution in [1.29, 1.82) is 0 Å². The molecule has 1 N–H and O–H groups in total. The molecule has 23 heavy (non-hydrogen) atoms. The third kappa shape index (κ3) is 4.81. The van der Waals surface area contributed by atoms with Crippen molar-refractivity contribution in [2.45, 2.75) is 43.9 Å². The number of aromatic nitrogens is 2. The first-order valence-corrected chi connectivity index (χ1v) is 10.3. The van der Waals surface area contributed by atoms with E-state index in [2.05, 4.69) is 9.97 Å². The standard InChI is InChI=1S/C14H21N3O4S2/c1-3-10(2)17(11-5-7-23(20,21)9-11)13(19)8-22-14-15-6-4-12(18)16-14/h4,6,10-11H,3,5,7-9H2,1-2H3,(H,15,16,18)/t10-,11+/m0/s1. The van der Waals surface area contributed by atoms with Gasteiger partial charge in [0, 0.05) is 24.3 Å². The van der Waals surface area contributed by atoms with Crippen LogP contribution in [0.1, 0.15) is 26.7 Å². The van der Waals surface area contributed by atoms with Gasteiger partial charge in [0.25, 0.3) is 5.56 Å². The third-order valence-electron chi connectivity index (χ3n) is 3.94. The molecule has 9 heteroatoms. The van der Waals surface area contributed by atoms with E-state index < -0.39 is 9.84 Å². The number of rotatable bonds is 6. The van der Waals surface area contributed by atoms with Crippen molar-refractivity contribution in [3.63, 3.8) is 0 Å². The SMILES string of the molecule is CC[C@H](C)N(C(=O)CSc1nccc(=O)[nH]1)[C@@H]1CCS(=O)(=O)C1. The third-order valence-corrected chi connectivity index (χ3v) is 6.56. The molecule has 1 aliphatic heterocycles. The van der Waals surface area contributed by atoms with Gasteiger partial charge in [-0.1, -0.05) is 18.7 Å². The number of carbonyl (C=O) groups excluding carboxylic acids is 1. The van der Waals surface area contributed by atoms with Crippen LogP contribution in [0.5, 0.6) is 0 Å². The highest BCUT2D eigenvalue weighted by atomic mass is 32.2. The van der Waals surface area contributed by atoms with E-state index in [1.54, 1.807) is 4.90 Å². The van der Waals surface area contributed by atoms with Gasteiger partial charge in [-0.25, -0.2) is 13.4 Å². The van der Waals surface area contributed by atoms with Crippen LogP contribution in [-0.2, 0) is 14.6 Å². The van der Waals surface area contributed by atoms with Gasteiger partial charge in [-0.2, -0.15) is 0 Å². The summed E-state index contributed by atoms with van der Waals surface area (Å²) in [7, 11) is -3.05. The molecule has 1 amide bonds. The first kappa shape index (κ1) is 18.0. The summed E-state index contributed by atoms with van der Waals surface area (Å²) < 4.78 is 23.4. The van der Waals surface area contributed by atoms with Crippen molar-refractivity contribution < 1.29 is 13.2 Å². The van der Waals surface area contributed by atoms with Gasteiger partial charge in [0.2, 0.25) is 5.91 Å². The van der Waals surface area contributed by atoms with Crippen LogP contribution in [0.2, 0.25) is 0 Å². The van der Waals surface area contributed by atoms with E-state index in [4.69, 9.17) is 0 Å². The maximum Gasteiger partial charge on any atom is 0.251 e. The molecule has 0 spiro atoms. The van der Waals surface area contributed by atoms with E-state index in [1.807, 2.05) is 13.8 Å². The summed E-state index contributed by atoms with van der Waals surface area (Å²) in [6.45, 7) is 3.90. The van der Waals surface area contributed by atoms with Crippen LogP contribution in [0.3, 0.4) is 0 Å². The summed E-state index contributed by atoms with van der Waals surface area (Å²) in [6.07, 6.45) is 2.64. The lowest BCUT2D eigenvalue weighted by Gasteiger charge is -2.33. The van der Waals surface area contributed by atoms with Crippen molar-refractivity contribution in [3.05, 3.63) is 22.6 Å². The van der Waals surface area contributed by atoms with E-state index in [0.717, 1.165) is 18.2 Å². The summed E-state index contributed by atoms with van der Waals surface area (Å²) in [5.41, 5.74) is -0.268. The number of thioether (sulfide) groups is 1. The molecule has 2 rings (SSSR count). The number of nitrogens with one attached hydrogen (secondary N) is 1. The predicted octanol–water partition coefficient (Wildman–Crippen LogP) is 0.676. The molecule has 1 aromatic rings. The molecule has 2 heterocycles. The van der Waals surface area contributed by atoms with Gasteiger partial charge in [0.15, 0.2) is 15.0 Å². The minimum absolute atomic E-state index is 0.0239. The largest absolute Gasteiger partial charge is 0.335 e. The van der Waals surface area contributed by atoms with Gasteiger partial charge in [0.05, 0.1) is 17.3 Å². The molecule has 0 aromatic carbocycles. The molecule has 0 radical (unpaired) electrons. The molecule has 1 fully saturated rings. The van der Waals surface area contributed by atoms with Crippen LogP contribution in [0.25, 0.3) is 0 Å². The molecule has 2 atom stereocenters. The normalized spacial score (nSPS) is 21.0. The number of sulfone groups is 1. The first-order chi connectivity index (χ1) is 10.8. The lowest BCUT2D eigenvalue weighted by Crippen LogP contribution is -2.47. The van der Waals surface area contributed by atoms with Gasteiger partial charge in [-0.05, 0) is 19.8 Å². The Balaban J connectivity index is 2.06. The smallest absolute Gasteiger partial charge is 0.251 e. The summed E-state index contributed by atoms with van der Waals surface area (Å²) in [6, 6.07) is 1.02. The zero-order chi connectivity index (χ0) is 17.0. The maximum atomic E-state index is 12.6. The van der Waals surface area contributed by atoms with Crippen molar-refractivity contribution >= 4 is 27.5 Å². The zero-order valence-electron chi connectivity index (χ0n) is 13.2. The molecule has 1 aromatic heterocycles. The van der Waals surface area contributed by atoms with Gasteiger partial charge in [0.1, 0.15) is 0 Å². The van der Waals surface area contributed by atoms with Crippen molar-refractivity contribution in [2.24, 2.45) is 0 Å². The Labute approximate surface area is 139 Å². The quantitative estimate of drug-likeness (QED) is 0.592. The molecule has 0 unspecified atom stereocenters. The van der Waals surface area contributed by atoms with Crippen molar-refractivity contribution in [2.75, 3.05) is 17.3 Å². The Bertz CT molecular complexity index is 717. The fraction of sp³-hybridized carbons (Fsp3) is 0.643. The second-order valence-corrected chi connectivity index (χ2v) is 8.84. The molecule has 7 nitrogen and oxygen atoms in total. The van der Waals surface area contributed by atoms with Crippen LogP contribution < -0.4 is 5.56 Å². The Morgan fingerprint density at radius 2 is 2.30 bits per heavy atom. The Morgan fingerprint density at radius 3 is 2.87 bits per heavy atom. The van der Waals surface area contributed by atoms with E-state index in [-0.39, 0.29) is 40.8 Å². The molecule has 0 bridgehead atoms. The van der Waals surface area contributed by atoms with Crippen LogP contribution >= 0.6 is 11.8 Å². The van der Waals surface area contributed by atoms with Gasteiger partial charge >= 0.3 is 0 Å². The number of hydrogen-bond donors (Lipinski definition) is 1. The average Bonchev–Trinajstić information content (AvgIpc) is 2.85. The number of amides is 1. The fourth-order valence-electron chi connectivity index (χ4n) is 2.63. The van der Waals surface area contributed by atoms with Gasteiger partial charge < -0.3 is 9.88 Å².